The monoisotopic (exact) mass is 320 g/mol. The molecule has 2 N–H and O–H groups in total. The molecule has 23 heavy (non-hydrogen) atoms. The summed E-state index contributed by atoms with van der Waals surface area (Å²) in [7, 11) is 0. The highest BCUT2D eigenvalue weighted by molar-refractivity contribution is 5.95. The third kappa shape index (κ3) is 4.61. The normalized spacial score (nSPS) is 15.6. The zero-order valence-electron chi connectivity index (χ0n) is 13.9. The van der Waals surface area contributed by atoms with E-state index in [0.29, 0.717) is 32.6 Å². The summed E-state index contributed by atoms with van der Waals surface area (Å²) in [5.74, 6) is -0.432. The molecule has 0 aliphatic carbocycles. The van der Waals surface area contributed by atoms with Gasteiger partial charge in [0, 0.05) is 44.2 Å². The first kappa shape index (κ1) is 17.1. The van der Waals surface area contributed by atoms with E-state index in [9.17, 15) is 19.8 Å². The number of piperazine rings is 1. The minimum atomic E-state index is -0.251. The maximum atomic E-state index is 12.4. The molecule has 2 amide bonds. The molecule has 1 heterocycles. The van der Waals surface area contributed by atoms with Crippen LogP contribution in [0.1, 0.15) is 37.6 Å². The molecule has 0 radical (unpaired) electrons. The third-order valence-corrected chi connectivity index (χ3v) is 3.75. The van der Waals surface area contributed by atoms with Gasteiger partial charge in [-0.2, -0.15) is 0 Å². The molecule has 0 unspecified atom stereocenters. The zero-order valence-corrected chi connectivity index (χ0v) is 13.9. The molecule has 0 saturated carbocycles. The molecule has 0 spiro atoms. The average Bonchev–Trinajstić information content (AvgIpc) is 2.44. The van der Waals surface area contributed by atoms with Crippen LogP contribution in [0.15, 0.2) is 18.2 Å². The van der Waals surface area contributed by atoms with Crippen molar-refractivity contribution in [3.8, 4) is 11.5 Å². The molecule has 1 aliphatic heterocycles. The topological polar surface area (TPSA) is 81.1 Å². The Bertz CT molecular complexity index is 579. The van der Waals surface area contributed by atoms with E-state index in [2.05, 4.69) is 0 Å². The summed E-state index contributed by atoms with van der Waals surface area (Å²) in [5.41, 5.74) is 0.195. The number of phenolic OH excluding ortho intramolecular Hbond substituents is 2. The van der Waals surface area contributed by atoms with E-state index in [4.69, 9.17) is 0 Å². The van der Waals surface area contributed by atoms with Gasteiger partial charge in [0.25, 0.3) is 5.91 Å². The first-order chi connectivity index (χ1) is 10.7. The SMILES string of the molecule is CC(C)(C)CC(=O)N1CCN(C(=O)c2cc(O)cc(O)c2)CC1. The Morgan fingerprint density at radius 3 is 1.91 bits per heavy atom. The lowest BCUT2D eigenvalue weighted by Gasteiger charge is -2.36. The highest BCUT2D eigenvalue weighted by atomic mass is 16.3. The predicted octanol–water partition coefficient (Wildman–Crippen LogP) is 1.82. The lowest BCUT2D eigenvalue weighted by molar-refractivity contribution is -0.134. The molecule has 6 nitrogen and oxygen atoms in total. The first-order valence-electron chi connectivity index (χ1n) is 7.76. The lowest BCUT2D eigenvalue weighted by Crippen LogP contribution is -2.51. The summed E-state index contributed by atoms with van der Waals surface area (Å²) < 4.78 is 0. The van der Waals surface area contributed by atoms with Gasteiger partial charge < -0.3 is 20.0 Å². The Labute approximate surface area is 136 Å². The summed E-state index contributed by atoms with van der Waals surface area (Å²) in [4.78, 5) is 28.0. The zero-order chi connectivity index (χ0) is 17.2. The summed E-state index contributed by atoms with van der Waals surface area (Å²) in [6.07, 6.45) is 0.487. The first-order valence-corrected chi connectivity index (χ1v) is 7.76. The smallest absolute Gasteiger partial charge is 0.254 e. The summed E-state index contributed by atoms with van der Waals surface area (Å²) in [5, 5.41) is 19.0. The standard InChI is InChI=1S/C17H24N2O4/c1-17(2,3)11-15(22)18-4-6-19(7-5-18)16(23)12-8-13(20)10-14(21)9-12/h8-10,20-21H,4-7,11H2,1-3H3. The molecule has 6 heteroatoms. The Balaban J connectivity index is 1.96. The van der Waals surface area contributed by atoms with Crippen molar-refractivity contribution in [1.82, 2.24) is 9.80 Å². The number of aromatic hydroxyl groups is 2. The van der Waals surface area contributed by atoms with E-state index in [1.165, 1.54) is 18.2 Å². The summed E-state index contributed by atoms with van der Waals surface area (Å²) in [6.45, 7) is 7.99. The van der Waals surface area contributed by atoms with Crippen molar-refractivity contribution >= 4 is 11.8 Å². The largest absolute Gasteiger partial charge is 0.508 e. The van der Waals surface area contributed by atoms with Crippen molar-refractivity contribution < 1.29 is 19.8 Å². The van der Waals surface area contributed by atoms with Gasteiger partial charge >= 0.3 is 0 Å². The Kier molecular flexibility index (Phi) is 4.82. The maximum Gasteiger partial charge on any atom is 0.254 e. The van der Waals surface area contributed by atoms with Crippen molar-refractivity contribution in [2.24, 2.45) is 5.41 Å². The van der Waals surface area contributed by atoms with Gasteiger partial charge in [-0.3, -0.25) is 9.59 Å². The Morgan fingerprint density at radius 2 is 1.43 bits per heavy atom. The Morgan fingerprint density at radius 1 is 0.957 bits per heavy atom. The molecule has 1 fully saturated rings. The highest BCUT2D eigenvalue weighted by Crippen LogP contribution is 2.23. The molecule has 0 aromatic heterocycles. The van der Waals surface area contributed by atoms with Crippen molar-refractivity contribution in [1.29, 1.82) is 0 Å². The van der Waals surface area contributed by atoms with Crippen LogP contribution < -0.4 is 0 Å². The fraction of sp³-hybridized carbons (Fsp3) is 0.529. The van der Waals surface area contributed by atoms with E-state index in [0.717, 1.165) is 0 Å². The number of hydrogen-bond donors (Lipinski definition) is 2. The molecule has 0 atom stereocenters. The van der Waals surface area contributed by atoms with Gasteiger partial charge in [0.2, 0.25) is 5.91 Å². The molecule has 2 rings (SSSR count). The van der Waals surface area contributed by atoms with E-state index < -0.39 is 0 Å². The van der Waals surface area contributed by atoms with Crippen LogP contribution in [0.4, 0.5) is 0 Å². The second-order valence-electron chi connectivity index (χ2n) is 7.15. The van der Waals surface area contributed by atoms with Crippen LogP contribution in [0, 0.1) is 5.41 Å². The van der Waals surface area contributed by atoms with Crippen molar-refractivity contribution in [3.05, 3.63) is 23.8 Å². The number of carbonyl (C=O) groups is 2. The van der Waals surface area contributed by atoms with Crippen LogP contribution in [-0.2, 0) is 4.79 Å². The second-order valence-corrected chi connectivity index (χ2v) is 7.15. The molecule has 1 aromatic rings. The molecule has 0 bridgehead atoms. The molecule has 1 saturated heterocycles. The highest BCUT2D eigenvalue weighted by Gasteiger charge is 2.27. The lowest BCUT2D eigenvalue weighted by atomic mass is 9.91. The number of benzene rings is 1. The van der Waals surface area contributed by atoms with Gasteiger partial charge in [-0.15, -0.1) is 0 Å². The van der Waals surface area contributed by atoms with Crippen LogP contribution in [-0.4, -0.2) is 58.0 Å². The van der Waals surface area contributed by atoms with Gasteiger partial charge in [-0.1, -0.05) is 20.8 Å². The second kappa shape index (κ2) is 6.48. The van der Waals surface area contributed by atoms with E-state index >= 15 is 0 Å². The van der Waals surface area contributed by atoms with Crippen LogP contribution in [0.25, 0.3) is 0 Å². The molecule has 126 valence electrons. The molecular formula is C17H24N2O4. The van der Waals surface area contributed by atoms with E-state index in [-0.39, 0.29) is 34.3 Å². The van der Waals surface area contributed by atoms with Gasteiger partial charge in [0.15, 0.2) is 0 Å². The molecule has 1 aromatic carbocycles. The minimum Gasteiger partial charge on any atom is -0.508 e. The maximum absolute atomic E-state index is 12.4. The fourth-order valence-electron chi connectivity index (χ4n) is 2.63. The number of amides is 2. The molecular weight excluding hydrogens is 296 g/mol. The van der Waals surface area contributed by atoms with Gasteiger partial charge in [-0.05, 0) is 17.5 Å². The summed E-state index contributed by atoms with van der Waals surface area (Å²) >= 11 is 0. The summed E-state index contributed by atoms with van der Waals surface area (Å²) in [6, 6.07) is 3.85. The minimum absolute atomic E-state index is 0.0525. The van der Waals surface area contributed by atoms with E-state index in [1.54, 1.807) is 9.80 Å². The van der Waals surface area contributed by atoms with Crippen LogP contribution in [0.3, 0.4) is 0 Å². The number of rotatable bonds is 2. The number of carbonyl (C=O) groups excluding carboxylic acids is 2. The number of nitrogens with zero attached hydrogens (tertiary/aromatic N) is 2. The van der Waals surface area contributed by atoms with Crippen LogP contribution in [0.2, 0.25) is 0 Å². The predicted molar refractivity (Wildman–Crippen MR) is 86.3 cm³/mol. The Hall–Kier alpha value is -2.24. The van der Waals surface area contributed by atoms with E-state index in [1.807, 2.05) is 20.8 Å². The van der Waals surface area contributed by atoms with Crippen LogP contribution in [0.5, 0.6) is 11.5 Å². The van der Waals surface area contributed by atoms with Crippen LogP contribution >= 0.6 is 0 Å². The number of hydrogen-bond acceptors (Lipinski definition) is 4. The van der Waals surface area contributed by atoms with Crippen molar-refractivity contribution in [2.45, 2.75) is 27.2 Å². The van der Waals surface area contributed by atoms with Gasteiger partial charge in [0.1, 0.15) is 11.5 Å². The van der Waals surface area contributed by atoms with Gasteiger partial charge in [-0.25, -0.2) is 0 Å². The third-order valence-electron chi connectivity index (χ3n) is 3.75. The van der Waals surface area contributed by atoms with Crippen molar-refractivity contribution in [2.75, 3.05) is 26.2 Å². The van der Waals surface area contributed by atoms with Gasteiger partial charge in [0.05, 0.1) is 0 Å². The molecule has 1 aliphatic rings. The fourth-order valence-corrected chi connectivity index (χ4v) is 2.63. The number of phenols is 2. The quantitative estimate of drug-likeness (QED) is 0.871. The average molecular weight is 320 g/mol. The van der Waals surface area contributed by atoms with Crippen molar-refractivity contribution in [3.63, 3.8) is 0 Å².